The summed E-state index contributed by atoms with van der Waals surface area (Å²) < 4.78 is 4.89. The van der Waals surface area contributed by atoms with E-state index in [0.717, 1.165) is 5.33 Å². The number of alkyl halides is 1. The highest BCUT2D eigenvalue weighted by Crippen LogP contribution is 1.87. The lowest BCUT2D eigenvalue weighted by Crippen LogP contribution is -2.09. The maximum atomic E-state index is 4.89. The largest absolute Gasteiger partial charge is 0.291 e. The third-order valence-corrected chi connectivity index (χ3v) is 1.27. The summed E-state index contributed by atoms with van der Waals surface area (Å²) in [5, 5.41) is 0.841. The van der Waals surface area contributed by atoms with Gasteiger partial charge >= 0.3 is 0 Å². The van der Waals surface area contributed by atoms with Crippen LogP contribution in [0.3, 0.4) is 0 Å². The molecule has 0 aliphatic rings. The standard InChI is InChI=1S/C4H11BrO2Si/c1-8(2)7-6-4-3-5/h8H,3-4H2,1-2H3. The minimum Gasteiger partial charge on any atom is -0.291 e. The van der Waals surface area contributed by atoms with E-state index in [9.17, 15) is 0 Å². The number of halogens is 1. The molecule has 0 atom stereocenters. The second kappa shape index (κ2) is 5.75. The van der Waals surface area contributed by atoms with Gasteiger partial charge in [-0.2, -0.15) is 0 Å². The Labute approximate surface area is 60.0 Å². The number of rotatable bonds is 4. The Morgan fingerprint density at radius 3 is 2.50 bits per heavy atom. The molecule has 0 radical (unpaired) electrons. The van der Waals surface area contributed by atoms with Gasteiger partial charge in [0, 0.05) is 5.33 Å². The second-order valence-corrected chi connectivity index (χ2v) is 4.74. The molecule has 0 aromatic heterocycles. The first-order valence-corrected chi connectivity index (χ1v) is 6.52. The van der Waals surface area contributed by atoms with E-state index in [0.29, 0.717) is 6.61 Å². The molecule has 0 saturated heterocycles. The molecule has 0 bridgehead atoms. The van der Waals surface area contributed by atoms with Crippen LogP contribution in [-0.4, -0.2) is 21.0 Å². The van der Waals surface area contributed by atoms with Crippen LogP contribution < -0.4 is 0 Å². The van der Waals surface area contributed by atoms with Crippen LogP contribution in [0.4, 0.5) is 0 Å². The molecule has 50 valence electrons. The highest BCUT2D eigenvalue weighted by atomic mass is 79.9. The van der Waals surface area contributed by atoms with Gasteiger partial charge in [-0.25, -0.2) is 4.89 Å². The van der Waals surface area contributed by atoms with Gasteiger partial charge in [0.2, 0.25) is 9.04 Å². The Kier molecular flexibility index (Phi) is 6.19. The van der Waals surface area contributed by atoms with E-state index in [1.807, 2.05) is 0 Å². The van der Waals surface area contributed by atoms with Crippen LogP contribution in [0, 0.1) is 0 Å². The van der Waals surface area contributed by atoms with Crippen LogP contribution in [-0.2, 0) is 9.46 Å². The van der Waals surface area contributed by atoms with Crippen molar-refractivity contribution in [2.45, 2.75) is 13.1 Å². The second-order valence-electron chi connectivity index (χ2n) is 1.66. The highest BCUT2D eigenvalue weighted by molar-refractivity contribution is 9.09. The Bertz CT molecular complexity index is 51.3. The van der Waals surface area contributed by atoms with Crippen molar-refractivity contribution in [3.8, 4) is 0 Å². The molecule has 4 heteroatoms. The van der Waals surface area contributed by atoms with Gasteiger partial charge in [-0.3, -0.25) is 4.58 Å². The minimum absolute atomic E-state index is 0.644. The smallest absolute Gasteiger partial charge is 0.218 e. The molecule has 0 spiro atoms. The monoisotopic (exact) mass is 198 g/mol. The van der Waals surface area contributed by atoms with Crippen molar-refractivity contribution < 1.29 is 9.46 Å². The third kappa shape index (κ3) is 6.62. The van der Waals surface area contributed by atoms with Crippen LogP contribution >= 0.6 is 15.9 Å². The van der Waals surface area contributed by atoms with Gasteiger partial charge < -0.3 is 0 Å². The molecule has 0 aliphatic heterocycles. The average molecular weight is 199 g/mol. The van der Waals surface area contributed by atoms with Crippen LogP contribution in [0.15, 0.2) is 0 Å². The summed E-state index contributed by atoms with van der Waals surface area (Å²) >= 11 is 3.21. The Balaban J connectivity index is 2.72. The van der Waals surface area contributed by atoms with Crippen molar-refractivity contribution in [1.29, 1.82) is 0 Å². The molecular formula is C4H11BrO2Si. The number of hydrogen-bond acceptors (Lipinski definition) is 2. The van der Waals surface area contributed by atoms with Crippen LogP contribution in [0.25, 0.3) is 0 Å². The van der Waals surface area contributed by atoms with Gasteiger partial charge in [-0.1, -0.05) is 15.9 Å². The fourth-order valence-electron chi connectivity index (χ4n) is 0.216. The summed E-state index contributed by atoms with van der Waals surface area (Å²) in [6.45, 7) is 4.77. The minimum atomic E-state index is -0.945. The van der Waals surface area contributed by atoms with Crippen molar-refractivity contribution in [1.82, 2.24) is 0 Å². The molecule has 0 saturated carbocycles. The summed E-state index contributed by atoms with van der Waals surface area (Å²) in [5.41, 5.74) is 0. The highest BCUT2D eigenvalue weighted by Gasteiger charge is 1.93. The van der Waals surface area contributed by atoms with Crippen molar-refractivity contribution >= 4 is 25.0 Å². The quantitative estimate of drug-likeness (QED) is 0.223. The van der Waals surface area contributed by atoms with Gasteiger partial charge in [0.1, 0.15) is 0 Å². The van der Waals surface area contributed by atoms with Crippen molar-refractivity contribution in [2.24, 2.45) is 0 Å². The summed E-state index contributed by atoms with van der Waals surface area (Å²) in [4.78, 5) is 4.76. The fourth-order valence-corrected chi connectivity index (χ4v) is 0.716. The van der Waals surface area contributed by atoms with Gasteiger partial charge in [0.25, 0.3) is 0 Å². The Morgan fingerprint density at radius 2 is 2.12 bits per heavy atom. The van der Waals surface area contributed by atoms with Crippen molar-refractivity contribution in [3.63, 3.8) is 0 Å². The van der Waals surface area contributed by atoms with Crippen LogP contribution in [0.1, 0.15) is 0 Å². The zero-order chi connectivity index (χ0) is 6.41. The molecule has 0 aromatic rings. The SMILES string of the molecule is C[SiH](C)OOCCBr. The zero-order valence-electron chi connectivity index (χ0n) is 5.19. The van der Waals surface area contributed by atoms with Crippen molar-refractivity contribution in [2.75, 3.05) is 11.9 Å². The van der Waals surface area contributed by atoms with E-state index in [1.54, 1.807) is 0 Å². The predicted octanol–water partition coefficient (Wildman–Crippen LogP) is 1.31. The van der Waals surface area contributed by atoms with Crippen molar-refractivity contribution in [3.05, 3.63) is 0 Å². The molecule has 0 heterocycles. The average Bonchev–Trinajstić information content (AvgIpc) is 1.66. The summed E-state index contributed by atoms with van der Waals surface area (Å²) in [7, 11) is -0.945. The lowest BCUT2D eigenvalue weighted by Gasteiger charge is -2.02. The van der Waals surface area contributed by atoms with Gasteiger partial charge in [0.15, 0.2) is 0 Å². The first-order valence-electron chi connectivity index (χ1n) is 2.61. The molecule has 0 fully saturated rings. The lowest BCUT2D eigenvalue weighted by molar-refractivity contribution is -0.206. The lowest BCUT2D eigenvalue weighted by atomic mass is 10.9. The summed E-state index contributed by atoms with van der Waals surface area (Å²) in [6.07, 6.45) is 0. The van der Waals surface area contributed by atoms with E-state index in [1.165, 1.54) is 0 Å². The van der Waals surface area contributed by atoms with Crippen LogP contribution in [0.2, 0.25) is 13.1 Å². The van der Waals surface area contributed by atoms with Crippen LogP contribution in [0.5, 0.6) is 0 Å². The normalized spacial score (nSPS) is 10.5. The topological polar surface area (TPSA) is 18.5 Å². The maximum absolute atomic E-state index is 4.89. The van der Waals surface area contributed by atoms with E-state index in [2.05, 4.69) is 29.0 Å². The molecule has 0 aliphatic carbocycles. The molecule has 0 N–H and O–H groups in total. The van der Waals surface area contributed by atoms with Gasteiger partial charge in [-0.15, -0.1) is 0 Å². The van der Waals surface area contributed by atoms with E-state index < -0.39 is 9.04 Å². The summed E-state index contributed by atoms with van der Waals surface area (Å²) in [5.74, 6) is 0. The zero-order valence-corrected chi connectivity index (χ0v) is 7.93. The van der Waals surface area contributed by atoms with Gasteiger partial charge in [0.05, 0.1) is 6.61 Å². The van der Waals surface area contributed by atoms with Gasteiger partial charge in [-0.05, 0) is 13.1 Å². The third-order valence-electron chi connectivity index (χ3n) is 0.421. The molecule has 2 nitrogen and oxygen atoms in total. The summed E-state index contributed by atoms with van der Waals surface area (Å²) in [6, 6.07) is 0. The molecule has 0 unspecified atom stereocenters. The van der Waals surface area contributed by atoms with E-state index in [4.69, 9.17) is 9.46 Å². The Hall–Kier alpha value is 0.617. The molecule has 8 heavy (non-hydrogen) atoms. The Morgan fingerprint density at radius 1 is 1.50 bits per heavy atom. The first kappa shape index (κ1) is 8.62. The predicted molar refractivity (Wildman–Crippen MR) is 39.7 cm³/mol. The van der Waals surface area contributed by atoms with E-state index in [-0.39, 0.29) is 0 Å². The molecule has 0 aromatic carbocycles. The molecular weight excluding hydrogens is 188 g/mol. The number of hydrogen-bond donors (Lipinski definition) is 0. The fraction of sp³-hybridized carbons (Fsp3) is 1.00. The van der Waals surface area contributed by atoms with E-state index >= 15 is 0 Å². The maximum Gasteiger partial charge on any atom is 0.218 e. The molecule has 0 amide bonds. The first-order chi connectivity index (χ1) is 3.77. The molecule has 0 rings (SSSR count).